The zero-order chi connectivity index (χ0) is 14.7. The summed E-state index contributed by atoms with van der Waals surface area (Å²) < 4.78 is 5.48. The van der Waals surface area contributed by atoms with Crippen molar-refractivity contribution < 1.29 is 9.21 Å². The molecule has 0 spiro atoms. The van der Waals surface area contributed by atoms with Crippen molar-refractivity contribution in [1.29, 1.82) is 0 Å². The molecular weight excluding hydrogens is 278 g/mol. The van der Waals surface area contributed by atoms with Gasteiger partial charge in [0.2, 0.25) is 0 Å². The number of aryl methyl sites for hydroxylation is 1. The molecule has 1 atom stereocenters. The third-order valence-electron chi connectivity index (χ3n) is 2.89. The number of rotatable bonds is 4. The Hall–Kier alpha value is -2.01. The number of anilines is 1. The zero-order valence-corrected chi connectivity index (χ0v) is 12.3. The number of nitrogens with zero attached hydrogens (tertiary/aromatic N) is 1. The average Bonchev–Trinajstić information content (AvgIpc) is 2.86. The summed E-state index contributed by atoms with van der Waals surface area (Å²) in [6.45, 7) is 3.71. The fourth-order valence-electron chi connectivity index (χ4n) is 1.78. The molecule has 0 radical (unpaired) electrons. The maximum atomic E-state index is 12.2. The van der Waals surface area contributed by atoms with Gasteiger partial charge >= 0.3 is 0 Å². The van der Waals surface area contributed by atoms with Crippen LogP contribution in [0.5, 0.6) is 0 Å². The van der Waals surface area contributed by atoms with Gasteiger partial charge in [-0.15, -0.1) is 0 Å². The smallest absolute Gasteiger partial charge is 0.253 e. The molecule has 0 saturated heterocycles. The van der Waals surface area contributed by atoms with Crippen LogP contribution in [0.4, 0.5) is 5.82 Å². The molecule has 0 fully saturated rings. The number of pyridine rings is 1. The summed E-state index contributed by atoms with van der Waals surface area (Å²) in [5.41, 5.74) is 0.376. The summed E-state index contributed by atoms with van der Waals surface area (Å²) in [7, 11) is 1.73. The van der Waals surface area contributed by atoms with Crippen LogP contribution in [-0.2, 0) is 0 Å². The second-order valence-corrected chi connectivity index (χ2v) is 4.85. The van der Waals surface area contributed by atoms with Crippen LogP contribution in [0.15, 0.2) is 28.8 Å². The van der Waals surface area contributed by atoms with Crippen molar-refractivity contribution in [3.05, 3.63) is 46.5 Å². The molecule has 0 aliphatic carbocycles. The molecule has 0 saturated carbocycles. The summed E-state index contributed by atoms with van der Waals surface area (Å²) in [5, 5.41) is 6.02. The van der Waals surface area contributed by atoms with Crippen LogP contribution in [0.1, 0.15) is 34.8 Å². The maximum absolute atomic E-state index is 12.2. The number of aromatic nitrogens is 1. The molecule has 0 bridgehead atoms. The molecule has 106 valence electrons. The topological polar surface area (TPSA) is 67.2 Å². The number of hydrogen-bond donors (Lipinski definition) is 2. The normalized spacial score (nSPS) is 12.0. The second kappa shape index (κ2) is 5.96. The Morgan fingerprint density at radius 1 is 1.45 bits per heavy atom. The fraction of sp³-hybridized carbons (Fsp3) is 0.286. The van der Waals surface area contributed by atoms with E-state index in [1.807, 2.05) is 26.0 Å². The molecule has 2 N–H and O–H groups in total. The Morgan fingerprint density at radius 3 is 2.80 bits per heavy atom. The first-order valence-corrected chi connectivity index (χ1v) is 6.59. The number of amides is 1. The van der Waals surface area contributed by atoms with Crippen LogP contribution >= 0.6 is 11.6 Å². The van der Waals surface area contributed by atoms with Gasteiger partial charge in [-0.1, -0.05) is 11.6 Å². The van der Waals surface area contributed by atoms with Crippen LogP contribution < -0.4 is 10.6 Å². The Morgan fingerprint density at radius 2 is 2.20 bits per heavy atom. The predicted molar refractivity (Wildman–Crippen MR) is 78.1 cm³/mol. The Bertz CT molecular complexity index is 625. The fourth-order valence-corrected chi connectivity index (χ4v) is 1.97. The number of nitrogens with one attached hydrogen (secondary N) is 2. The van der Waals surface area contributed by atoms with Gasteiger partial charge in [0.15, 0.2) is 0 Å². The molecule has 2 aromatic heterocycles. The standard InChI is InChI=1S/C14H16ClN3O2/c1-8-4-5-12(20-8)9(2)18-14(19)10-6-13(16-3)17-7-11(10)15/h4-7,9H,1-3H3,(H,16,17)(H,18,19). The highest BCUT2D eigenvalue weighted by Crippen LogP contribution is 2.20. The molecule has 2 rings (SSSR count). The monoisotopic (exact) mass is 293 g/mol. The average molecular weight is 294 g/mol. The van der Waals surface area contributed by atoms with Crippen LogP contribution in [0.2, 0.25) is 5.02 Å². The lowest BCUT2D eigenvalue weighted by atomic mass is 10.2. The predicted octanol–water partition coefficient (Wildman–Crippen LogP) is 3.17. The van der Waals surface area contributed by atoms with Crippen molar-refractivity contribution >= 4 is 23.3 Å². The van der Waals surface area contributed by atoms with Crippen LogP contribution in [0.3, 0.4) is 0 Å². The highest BCUT2D eigenvalue weighted by atomic mass is 35.5. The van der Waals surface area contributed by atoms with Gasteiger partial charge in [0.05, 0.1) is 16.6 Å². The first kappa shape index (κ1) is 14.4. The van der Waals surface area contributed by atoms with Crippen molar-refractivity contribution in [3.8, 4) is 0 Å². The van der Waals surface area contributed by atoms with Gasteiger partial charge in [0.25, 0.3) is 5.91 Å². The summed E-state index contributed by atoms with van der Waals surface area (Å²) in [6.07, 6.45) is 1.45. The summed E-state index contributed by atoms with van der Waals surface area (Å²) >= 11 is 6.01. The minimum Gasteiger partial charge on any atom is -0.464 e. The highest BCUT2D eigenvalue weighted by molar-refractivity contribution is 6.33. The molecule has 0 aliphatic rings. The quantitative estimate of drug-likeness (QED) is 0.908. The molecule has 2 heterocycles. The van der Waals surface area contributed by atoms with Gasteiger partial charge < -0.3 is 15.1 Å². The van der Waals surface area contributed by atoms with E-state index in [4.69, 9.17) is 16.0 Å². The van der Waals surface area contributed by atoms with E-state index >= 15 is 0 Å². The van der Waals surface area contributed by atoms with E-state index in [2.05, 4.69) is 15.6 Å². The highest BCUT2D eigenvalue weighted by Gasteiger charge is 2.17. The number of hydrogen-bond acceptors (Lipinski definition) is 4. The Kier molecular flexibility index (Phi) is 4.29. The van der Waals surface area contributed by atoms with Crippen molar-refractivity contribution in [2.24, 2.45) is 0 Å². The molecule has 1 unspecified atom stereocenters. The summed E-state index contributed by atoms with van der Waals surface area (Å²) in [6, 6.07) is 5.07. The van der Waals surface area contributed by atoms with E-state index in [-0.39, 0.29) is 11.9 Å². The lowest BCUT2D eigenvalue weighted by molar-refractivity contribution is 0.0935. The summed E-state index contributed by atoms with van der Waals surface area (Å²) in [5.74, 6) is 1.83. The van der Waals surface area contributed by atoms with Crippen LogP contribution in [0.25, 0.3) is 0 Å². The van der Waals surface area contributed by atoms with Crippen LogP contribution in [0, 0.1) is 6.92 Å². The third-order valence-corrected chi connectivity index (χ3v) is 3.19. The number of carbonyl (C=O) groups is 1. The van der Waals surface area contributed by atoms with Crippen molar-refractivity contribution in [2.75, 3.05) is 12.4 Å². The molecule has 1 amide bonds. The first-order valence-electron chi connectivity index (χ1n) is 6.21. The molecule has 2 aromatic rings. The van der Waals surface area contributed by atoms with Gasteiger partial charge in [-0.05, 0) is 32.0 Å². The SMILES string of the molecule is CNc1cc(C(=O)NC(C)c2ccc(C)o2)c(Cl)cn1. The molecule has 20 heavy (non-hydrogen) atoms. The number of furan rings is 1. The van der Waals surface area contributed by atoms with E-state index in [0.29, 0.717) is 22.2 Å². The third kappa shape index (κ3) is 3.11. The lowest BCUT2D eigenvalue weighted by Gasteiger charge is -2.13. The minimum absolute atomic E-state index is 0.238. The maximum Gasteiger partial charge on any atom is 0.253 e. The molecule has 6 heteroatoms. The van der Waals surface area contributed by atoms with Gasteiger partial charge in [0, 0.05) is 13.2 Å². The van der Waals surface area contributed by atoms with E-state index in [1.165, 1.54) is 6.20 Å². The molecule has 0 aromatic carbocycles. The molecular formula is C14H16ClN3O2. The molecule has 5 nitrogen and oxygen atoms in total. The van der Waals surface area contributed by atoms with E-state index in [1.54, 1.807) is 13.1 Å². The van der Waals surface area contributed by atoms with Gasteiger partial charge in [-0.2, -0.15) is 0 Å². The largest absolute Gasteiger partial charge is 0.464 e. The Balaban J connectivity index is 2.15. The second-order valence-electron chi connectivity index (χ2n) is 4.44. The van der Waals surface area contributed by atoms with Crippen LogP contribution in [-0.4, -0.2) is 17.9 Å². The van der Waals surface area contributed by atoms with Gasteiger partial charge in [-0.3, -0.25) is 4.79 Å². The minimum atomic E-state index is -0.268. The van der Waals surface area contributed by atoms with Crippen molar-refractivity contribution in [2.45, 2.75) is 19.9 Å². The Labute approximate surface area is 122 Å². The number of carbonyl (C=O) groups excluding carboxylic acids is 1. The summed E-state index contributed by atoms with van der Waals surface area (Å²) in [4.78, 5) is 16.3. The van der Waals surface area contributed by atoms with E-state index in [9.17, 15) is 4.79 Å². The molecule has 0 aliphatic heterocycles. The zero-order valence-electron chi connectivity index (χ0n) is 11.5. The van der Waals surface area contributed by atoms with E-state index in [0.717, 1.165) is 5.76 Å². The lowest BCUT2D eigenvalue weighted by Crippen LogP contribution is -2.26. The van der Waals surface area contributed by atoms with Crippen molar-refractivity contribution in [1.82, 2.24) is 10.3 Å². The van der Waals surface area contributed by atoms with Gasteiger partial charge in [0.1, 0.15) is 17.3 Å². The van der Waals surface area contributed by atoms with E-state index < -0.39 is 0 Å². The first-order chi connectivity index (χ1) is 9.51. The van der Waals surface area contributed by atoms with Gasteiger partial charge in [-0.25, -0.2) is 4.98 Å². The van der Waals surface area contributed by atoms with Crippen molar-refractivity contribution in [3.63, 3.8) is 0 Å². The number of halogens is 1.